The molecule has 0 radical (unpaired) electrons. The normalized spacial score (nSPS) is 24.9. The maximum absolute atomic E-state index is 13.4. The number of amides is 1. The summed E-state index contributed by atoms with van der Waals surface area (Å²) < 4.78 is 11.5. The van der Waals surface area contributed by atoms with Crippen molar-refractivity contribution in [2.45, 2.75) is 57.4 Å². The van der Waals surface area contributed by atoms with Gasteiger partial charge in [-0.25, -0.2) is 0 Å². The molecule has 0 N–H and O–H groups in total. The lowest BCUT2D eigenvalue weighted by Gasteiger charge is -2.41. The highest BCUT2D eigenvalue weighted by Crippen LogP contribution is 2.34. The Kier molecular flexibility index (Phi) is 5.93. The van der Waals surface area contributed by atoms with E-state index in [0.29, 0.717) is 17.9 Å². The van der Waals surface area contributed by atoms with Crippen molar-refractivity contribution < 1.29 is 13.9 Å². The lowest BCUT2D eigenvalue weighted by Crippen LogP contribution is -2.50. The van der Waals surface area contributed by atoms with Crippen molar-refractivity contribution >= 4 is 23.0 Å². The highest BCUT2D eigenvalue weighted by molar-refractivity contribution is 5.79. The Morgan fingerprint density at radius 2 is 1.73 bits per heavy atom. The molecule has 3 saturated heterocycles. The van der Waals surface area contributed by atoms with Crippen LogP contribution in [0.1, 0.15) is 51.4 Å². The topological polar surface area (TPSA) is 58.8 Å². The standard InChI is InChI=1S/C24H33N3O3/c28-23(19-11-16-29-17-12-19)27-13-5-1-2-7-21(27)18-9-14-26(15-10-18)24-25-20-6-3-4-8-22(20)30-24/h3-4,6,8,18-19,21H,1-2,5,7,9-17H2/t21-/m1/s1. The Bertz CT molecular complexity index is 819. The number of aromatic nitrogens is 1. The number of fused-ring (bicyclic) bond motifs is 1. The van der Waals surface area contributed by atoms with Crippen LogP contribution in [-0.4, -0.2) is 54.7 Å². The van der Waals surface area contributed by atoms with Crippen LogP contribution in [0.4, 0.5) is 6.01 Å². The zero-order valence-corrected chi connectivity index (χ0v) is 17.8. The van der Waals surface area contributed by atoms with Gasteiger partial charge in [0, 0.05) is 44.8 Å². The van der Waals surface area contributed by atoms with Crippen LogP contribution in [-0.2, 0) is 9.53 Å². The first-order valence-corrected chi connectivity index (χ1v) is 11.8. The Labute approximate surface area is 178 Å². The van der Waals surface area contributed by atoms with Gasteiger partial charge in [-0.1, -0.05) is 25.0 Å². The monoisotopic (exact) mass is 411 g/mol. The smallest absolute Gasteiger partial charge is 0.298 e. The highest BCUT2D eigenvalue weighted by atomic mass is 16.5. The summed E-state index contributed by atoms with van der Waals surface area (Å²) in [7, 11) is 0. The lowest BCUT2D eigenvalue weighted by atomic mass is 9.85. The van der Waals surface area contributed by atoms with E-state index < -0.39 is 0 Å². The summed E-state index contributed by atoms with van der Waals surface area (Å²) in [4.78, 5) is 22.6. The number of piperidine rings is 1. The molecule has 0 spiro atoms. The molecule has 3 aliphatic heterocycles. The van der Waals surface area contributed by atoms with Gasteiger partial charge in [0.2, 0.25) is 5.91 Å². The summed E-state index contributed by atoms with van der Waals surface area (Å²) in [6, 6.07) is 9.10. The molecule has 2 aromatic rings. The summed E-state index contributed by atoms with van der Waals surface area (Å²) in [6.07, 6.45) is 8.76. The largest absolute Gasteiger partial charge is 0.423 e. The number of para-hydroxylation sites is 2. The van der Waals surface area contributed by atoms with Crippen LogP contribution in [0.3, 0.4) is 0 Å². The lowest BCUT2D eigenvalue weighted by molar-refractivity contribution is -0.142. The Balaban J connectivity index is 1.26. The van der Waals surface area contributed by atoms with Crippen LogP contribution in [0.25, 0.3) is 11.1 Å². The van der Waals surface area contributed by atoms with E-state index in [1.165, 1.54) is 12.8 Å². The third kappa shape index (κ3) is 4.07. The van der Waals surface area contributed by atoms with Gasteiger partial charge in [-0.15, -0.1) is 0 Å². The van der Waals surface area contributed by atoms with E-state index in [1.807, 2.05) is 24.3 Å². The number of ether oxygens (including phenoxy) is 1. The molecule has 0 bridgehead atoms. The average molecular weight is 412 g/mol. The summed E-state index contributed by atoms with van der Waals surface area (Å²) >= 11 is 0. The first-order chi connectivity index (χ1) is 14.8. The molecule has 5 rings (SSSR count). The predicted octanol–water partition coefficient (Wildman–Crippen LogP) is 4.24. The van der Waals surface area contributed by atoms with Crippen molar-refractivity contribution in [3.05, 3.63) is 24.3 Å². The maximum atomic E-state index is 13.4. The number of hydrogen-bond donors (Lipinski definition) is 0. The number of oxazole rings is 1. The number of nitrogens with zero attached hydrogens (tertiary/aromatic N) is 3. The van der Waals surface area contributed by atoms with Crippen LogP contribution < -0.4 is 4.90 Å². The van der Waals surface area contributed by atoms with E-state index in [9.17, 15) is 4.79 Å². The van der Waals surface area contributed by atoms with Crippen molar-refractivity contribution in [3.63, 3.8) is 0 Å². The van der Waals surface area contributed by atoms with Gasteiger partial charge in [-0.2, -0.15) is 4.98 Å². The van der Waals surface area contributed by atoms with Crippen molar-refractivity contribution in [2.75, 3.05) is 37.7 Å². The summed E-state index contributed by atoms with van der Waals surface area (Å²) in [5, 5.41) is 0. The molecular formula is C24H33N3O3. The quantitative estimate of drug-likeness (QED) is 0.756. The Morgan fingerprint density at radius 3 is 2.53 bits per heavy atom. The second-order valence-corrected chi connectivity index (χ2v) is 9.12. The van der Waals surface area contributed by atoms with Crippen LogP contribution in [0, 0.1) is 11.8 Å². The fourth-order valence-electron chi connectivity index (χ4n) is 5.55. The van der Waals surface area contributed by atoms with E-state index in [2.05, 4.69) is 14.8 Å². The third-order valence-electron chi connectivity index (χ3n) is 7.29. The average Bonchev–Trinajstić information content (AvgIpc) is 3.09. The molecule has 3 fully saturated rings. The molecule has 1 amide bonds. The van der Waals surface area contributed by atoms with E-state index in [-0.39, 0.29) is 5.92 Å². The molecule has 3 aliphatic rings. The summed E-state index contributed by atoms with van der Waals surface area (Å²) in [5.74, 6) is 1.14. The fraction of sp³-hybridized carbons (Fsp3) is 0.667. The molecule has 30 heavy (non-hydrogen) atoms. The number of benzene rings is 1. The van der Waals surface area contributed by atoms with E-state index in [4.69, 9.17) is 9.15 Å². The van der Waals surface area contributed by atoms with E-state index in [1.54, 1.807) is 0 Å². The van der Waals surface area contributed by atoms with E-state index >= 15 is 0 Å². The molecule has 4 heterocycles. The number of anilines is 1. The number of carbonyl (C=O) groups is 1. The first-order valence-electron chi connectivity index (χ1n) is 11.8. The zero-order valence-electron chi connectivity index (χ0n) is 17.8. The number of carbonyl (C=O) groups excluding carboxylic acids is 1. The minimum Gasteiger partial charge on any atom is -0.423 e. The Hall–Kier alpha value is -2.08. The molecule has 1 atom stereocenters. The number of rotatable bonds is 3. The second-order valence-electron chi connectivity index (χ2n) is 9.12. The van der Waals surface area contributed by atoms with Gasteiger partial charge in [-0.3, -0.25) is 4.79 Å². The van der Waals surface area contributed by atoms with Gasteiger partial charge in [0.15, 0.2) is 5.58 Å². The molecule has 1 aromatic heterocycles. The summed E-state index contributed by atoms with van der Waals surface area (Å²) in [6.45, 7) is 4.31. The predicted molar refractivity (Wildman–Crippen MR) is 116 cm³/mol. The van der Waals surface area contributed by atoms with Gasteiger partial charge in [0.1, 0.15) is 5.52 Å². The molecular weight excluding hydrogens is 378 g/mol. The van der Waals surface area contributed by atoms with Gasteiger partial charge in [0.25, 0.3) is 6.01 Å². The van der Waals surface area contributed by atoms with Crippen LogP contribution in [0.15, 0.2) is 28.7 Å². The number of likely N-dealkylation sites (tertiary alicyclic amines) is 1. The van der Waals surface area contributed by atoms with Crippen molar-refractivity contribution in [3.8, 4) is 0 Å². The van der Waals surface area contributed by atoms with Crippen LogP contribution in [0.2, 0.25) is 0 Å². The van der Waals surface area contributed by atoms with E-state index in [0.717, 1.165) is 88.5 Å². The Morgan fingerprint density at radius 1 is 0.933 bits per heavy atom. The van der Waals surface area contributed by atoms with Gasteiger partial charge in [0.05, 0.1) is 0 Å². The molecule has 1 aromatic carbocycles. The number of hydrogen-bond acceptors (Lipinski definition) is 5. The highest BCUT2D eigenvalue weighted by Gasteiger charge is 2.37. The maximum Gasteiger partial charge on any atom is 0.298 e. The van der Waals surface area contributed by atoms with Crippen molar-refractivity contribution in [2.24, 2.45) is 11.8 Å². The third-order valence-corrected chi connectivity index (χ3v) is 7.29. The van der Waals surface area contributed by atoms with Crippen LogP contribution in [0.5, 0.6) is 0 Å². The molecule has 0 aliphatic carbocycles. The van der Waals surface area contributed by atoms with Gasteiger partial charge >= 0.3 is 0 Å². The van der Waals surface area contributed by atoms with Gasteiger partial charge in [-0.05, 0) is 56.6 Å². The SMILES string of the molecule is O=C(C1CCOCC1)N1CCCCC[C@@H]1C1CCN(c2nc3ccccc3o2)CC1. The van der Waals surface area contributed by atoms with Gasteiger partial charge < -0.3 is 19.0 Å². The second kappa shape index (κ2) is 8.96. The first kappa shape index (κ1) is 19.9. The van der Waals surface area contributed by atoms with Crippen LogP contribution >= 0.6 is 0 Å². The minimum absolute atomic E-state index is 0.166. The zero-order chi connectivity index (χ0) is 20.3. The molecule has 0 saturated carbocycles. The fourth-order valence-corrected chi connectivity index (χ4v) is 5.55. The summed E-state index contributed by atoms with van der Waals surface area (Å²) in [5.41, 5.74) is 1.78. The van der Waals surface area contributed by atoms with Crippen molar-refractivity contribution in [1.82, 2.24) is 9.88 Å². The molecule has 6 nitrogen and oxygen atoms in total. The minimum atomic E-state index is 0.166. The van der Waals surface area contributed by atoms with Crippen molar-refractivity contribution in [1.29, 1.82) is 0 Å². The molecule has 162 valence electrons. The molecule has 0 unspecified atom stereocenters. The molecule has 6 heteroatoms.